The van der Waals surface area contributed by atoms with Gasteiger partial charge in [0.2, 0.25) is 5.16 Å². The molecule has 0 saturated carbocycles. The molecule has 0 aliphatic rings. The molecule has 66 valence electrons. The van der Waals surface area contributed by atoms with Crippen LogP contribution in [0.3, 0.4) is 0 Å². The van der Waals surface area contributed by atoms with Gasteiger partial charge in [-0.2, -0.15) is 0 Å². The highest BCUT2D eigenvalue weighted by Crippen LogP contribution is 2.25. The summed E-state index contributed by atoms with van der Waals surface area (Å²) in [5.41, 5.74) is 0. The fourth-order valence-corrected chi connectivity index (χ4v) is 1.57. The van der Waals surface area contributed by atoms with Crippen LogP contribution in [-0.4, -0.2) is 25.7 Å². The monoisotopic (exact) mass is 194 g/mol. The molecule has 6 heteroatoms. The van der Waals surface area contributed by atoms with Gasteiger partial charge in [-0.25, -0.2) is 5.10 Å². The van der Waals surface area contributed by atoms with Crippen molar-refractivity contribution in [3.63, 3.8) is 0 Å². The van der Waals surface area contributed by atoms with E-state index in [9.17, 15) is 0 Å². The van der Waals surface area contributed by atoms with Crippen LogP contribution in [0.1, 0.15) is 0 Å². The Morgan fingerprint density at radius 3 is 3.00 bits per heavy atom. The first-order valence-electron chi connectivity index (χ1n) is 3.55. The van der Waals surface area contributed by atoms with E-state index >= 15 is 0 Å². The summed E-state index contributed by atoms with van der Waals surface area (Å²) >= 11 is 1.36. The Bertz CT molecular complexity index is 389. The van der Waals surface area contributed by atoms with Crippen molar-refractivity contribution < 1.29 is 5.11 Å². The Morgan fingerprint density at radius 2 is 2.31 bits per heavy atom. The zero-order valence-corrected chi connectivity index (χ0v) is 7.32. The maximum atomic E-state index is 9.17. The van der Waals surface area contributed by atoms with Gasteiger partial charge in [0, 0.05) is 4.90 Å². The SMILES string of the molecule is Oc1cccc(Sc2nnn[nH]2)c1. The lowest BCUT2D eigenvalue weighted by atomic mass is 10.3. The van der Waals surface area contributed by atoms with Crippen LogP contribution in [0.25, 0.3) is 0 Å². The average molecular weight is 194 g/mol. The maximum Gasteiger partial charge on any atom is 0.211 e. The molecule has 2 rings (SSSR count). The van der Waals surface area contributed by atoms with Crippen LogP contribution >= 0.6 is 11.8 Å². The summed E-state index contributed by atoms with van der Waals surface area (Å²) in [5.74, 6) is 0.234. The van der Waals surface area contributed by atoms with E-state index in [4.69, 9.17) is 5.11 Å². The van der Waals surface area contributed by atoms with Gasteiger partial charge in [0.1, 0.15) is 5.75 Å². The average Bonchev–Trinajstić information content (AvgIpc) is 2.57. The van der Waals surface area contributed by atoms with Gasteiger partial charge < -0.3 is 5.11 Å². The molecule has 1 aromatic heterocycles. The number of hydrogen-bond donors (Lipinski definition) is 2. The van der Waals surface area contributed by atoms with E-state index in [1.807, 2.05) is 6.07 Å². The Kier molecular flexibility index (Phi) is 2.13. The quantitative estimate of drug-likeness (QED) is 0.747. The number of aromatic hydroxyl groups is 1. The second-order valence-corrected chi connectivity index (χ2v) is 3.37. The first-order chi connectivity index (χ1) is 6.34. The normalized spacial score (nSPS) is 10.2. The van der Waals surface area contributed by atoms with E-state index < -0.39 is 0 Å². The first kappa shape index (κ1) is 8.06. The van der Waals surface area contributed by atoms with Gasteiger partial charge in [0.15, 0.2) is 0 Å². The molecule has 0 spiro atoms. The third-order valence-electron chi connectivity index (χ3n) is 1.36. The molecule has 0 bridgehead atoms. The van der Waals surface area contributed by atoms with Crippen molar-refractivity contribution in [3.8, 4) is 5.75 Å². The molecular weight excluding hydrogens is 188 g/mol. The summed E-state index contributed by atoms with van der Waals surface area (Å²) in [7, 11) is 0. The van der Waals surface area contributed by atoms with Crippen LogP contribution in [0.2, 0.25) is 0 Å². The van der Waals surface area contributed by atoms with Gasteiger partial charge in [-0.05, 0) is 40.4 Å². The van der Waals surface area contributed by atoms with Crippen LogP contribution in [0.5, 0.6) is 5.75 Å². The third-order valence-corrected chi connectivity index (χ3v) is 2.21. The topological polar surface area (TPSA) is 74.7 Å². The first-order valence-corrected chi connectivity index (χ1v) is 4.37. The minimum Gasteiger partial charge on any atom is -0.508 e. The molecule has 0 fully saturated rings. The van der Waals surface area contributed by atoms with E-state index in [1.54, 1.807) is 18.2 Å². The van der Waals surface area contributed by atoms with Crippen molar-refractivity contribution in [2.24, 2.45) is 0 Å². The predicted molar refractivity (Wildman–Crippen MR) is 46.4 cm³/mol. The number of aromatic amines is 1. The zero-order valence-electron chi connectivity index (χ0n) is 6.51. The fourth-order valence-electron chi connectivity index (χ4n) is 0.852. The lowest BCUT2D eigenvalue weighted by Crippen LogP contribution is -1.75. The minimum atomic E-state index is 0.234. The van der Waals surface area contributed by atoms with Gasteiger partial charge in [-0.15, -0.1) is 5.10 Å². The second-order valence-electron chi connectivity index (χ2n) is 2.31. The number of nitrogens with one attached hydrogen (secondary N) is 1. The highest BCUT2D eigenvalue weighted by Gasteiger charge is 2.00. The van der Waals surface area contributed by atoms with Crippen LogP contribution in [0.15, 0.2) is 34.3 Å². The van der Waals surface area contributed by atoms with E-state index in [0.717, 1.165) is 4.90 Å². The van der Waals surface area contributed by atoms with E-state index in [2.05, 4.69) is 20.6 Å². The lowest BCUT2D eigenvalue weighted by molar-refractivity contribution is 0.474. The Balaban J connectivity index is 2.19. The second kappa shape index (κ2) is 3.44. The van der Waals surface area contributed by atoms with Crippen molar-refractivity contribution in [2.45, 2.75) is 10.1 Å². The Morgan fingerprint density at radius 1 is 1.38 bits per heavy atom. The highest BCUT2D eigenvalue weighted by molar-refractivity contribution is 7.99. The lowest BCUT2D eigenvalue weighted by Gasteiger charge is -1.96. The molecule has 5 nitrogen and oxygen atoms in total. The summed E-state index contributed by atoms with van der Waals surface area (Å²) in [6, 6.07) is 6.89. The largest absolute Gasteiger partial charge is 0.508 e. The standard InChI is InChI=1S/C7H6N4OS/c12-5-2-1-3-6(4-5)13-7-8-10-11-9-7/h1-4,12H,(H,8,9,10,11). The summed E-state index contributed by atoms with van der Waals surface area (Å²) in [5, 5.41) is 23.0. The zero-order chi connectivity index (χ0) is 9.10. The number of phenols is 1. The number of nitrogens with zero attached hydrogens (tertiary/aromatic N) is 3. The fraction of sp³-hybridized carbons (Fsp3) is 0. The molecule has 1 aromatic carbocycles. The van der Waals surface area contributed by atoms with Crippen molar-refractivity contribution in [1.82, 2.24) is 20.6 Å². The molecule has 2 aromatic rings. The number of tetrazole rings is 1. The molecule has 0 amide bonds. The number of benzene rings is 1. The number of aromatic nitrogens is 4. The molecular formula is C7H6N4OS. The molecule has 13 heavy (non-hydrogen) atoms. The molecule has 0 atom stereocenters. The minimum absolute atomic E-state index is 0.234. The third kappa shape index (κ3) is 1.97. The van der Waals surface area contributed by atoms with Crippen LogP contribution < -0.4 is 0 Å². The Hall–Kier alpha value is -1.56. The molecule has 0 aliphatic carbocycles. The van der Waals surface area contributed by atoms with Crippen molar-refractivity contribution in [2.75, 3.05) is 0 Å². The smallest absolute Gasteiger partial charge is 0.211 e. The van der Waals surface area contributed by atoms with Gasteiger partial charge >= 0.3 is 0 Å². The Labute approximate surface area is 78.2 Å². The molecule has 0 saturated heterocycles. The van der Waals surface area contributed by atoms with E-state index in [1.165, 1.54) is 11.8 Å². The number of phenolic OH excluding ortho intramolecular Hbond substituents is 1. The molecule has 1 heterocycles. The van der Waals surface area contributed by atoms with Crippen LogP contribution in [0.4, 0.5) is 0 Å². The molecule has 2 N–H and O–H groups in total. The summed E-state index contributed by atoms with van der Waals surface area (Å²) in [4.78, 5) is 0.888. The maximum absolute atomic E-state index is 9.17. The summed E-state index contributed by atoms with van der Waals surface area (Å²) < 4.78 is 0. The number of rotatable bonds is 2. The molecule has 0 aliphatic heterocycles. The number of hydrogen-bond acceptors (Lipinski definition) is 5. The van der Waals surface area contributed by atoms with Crippen LogP contribution in [0, 0.1) is 0 Å². The van der Waals surface area contributed by atoms with Gasteiger partial charge in [0.05, 0.1) is 0 Å². The number of H-pyrrole nitrogens is 1. The predicted octanol–water partition coefficient (Wildman–Crippen LogP) is 1.06. The van der Waals surface area contributed by atoms with Crippen molar-refractivity contribution >= 4 is 11.8 Å². The van der Waals surface area contributed by atoms with Gasteiger partial charge in [-0.1, -0.05) is 6.07 Å². The van der Waals surface area contributed by atoms with E-state index in [0.29, 0.717) is 5.16 Å². The van der Waals surface area contributed by atoms with E-state index in [-0.39, 0.29) is 5.75 Å². The summed E-state index contributed by atoms with van der Waals surface area (Å²) in [6.07, 6.45) is 0. The van der Waals surface area contributed by atoms with Crippen molar-refractivity contribution in [3.05, 3.63) is 24.3 Å². The van der Waals surface area contributed by atoms with Crippen molar-refractivity contribution in [1.29, 1.82) is 0 Å². The van der Waals surface area contributed by atoms with Gasteiger partial charge in [0.25, 0.3) is 0 Å². The molecule has 0 unspecified atom stereocenters. The summed E-state index contributed by atoms with van der Waals surface area (Å²) in [6.45, 7) is 0. The molecule has 0 radical (unpaired) electrons. The van der Waals surface area contributed by atoms with Gasteiger partial charge in [-0.3, -0.25) is 0 Å². The van der Waals surface area contributed by atoms with Crippen LogP contribution in [-0.2, 0) is 0 Å². The highest BCUT2D eigenvalue weighted by atomic mass is 32.2.